The topological polar surface area (TPSA) is 48.5 Å². The lowest BCUT2D eigenvalue weighted by Crippen LogP contribution is -2.00. The van der Waals surface area contributed by atoms with E-state index in [1.54, 1.807) is 0 Å². The predicted molar refractivity (Wildman–Crippen MR) is 187 cm³/mol. The average Bonchev–Trinajstić information content (AvgIpc) is 3.69. The van der Waals surface area contributed by atoms with E-state index in [1.165, 1.54) is 11.1 Å². The van der Waals surface area contributed by atoms with E-state index < -0.39 is 0 Å². The molecule has 5 heteroatoms. The largest absolute Gasteiger partial charge is 0.309 e. The van der Waals surface area contributed by atoms with E-state index in [4.69, 9.17) is 9.97 Å². The molecule has 0 radical (unpaired) electrons. The second kappa shape index (κ2) is 10.7. The Balaban J connectivity index is 1.45. The summed E-state index contributed by atoms with van der Waals surface area (Å²) in [6.07, 6.45) is 5.46. The smallest absolute Gasteiger partial charge is 0.147 e. The van der Waals surface area contributed by atoms with Gasteiger partial charge < -0.3 is 4.57 Å². The molecule has 0 unspecified atom stereocenters. The Bertz CT molecular complexity index is 2480. The summed E-state index contributed by atoms with van der Waals surface area (Å²) in [5.41, 5.74) is 10.9. The third kappa shape index (κ3) is 4.14. The highest BCUT2D eigenvalue weighted by Gasteiger charge is 2.24. The summed E-state index contributed by atoms with van der Waals surface area (Å²) < 4.78 is 4.57. The van der Waals surface area contributed by atoms with Crippen molar-refractivity contribution >= 4 is 32.8 Å². The predicted octanol–water partition coefficient (Wildman–Crippen LogP) is 9.91. The molecule has 0 aliphatic carbocycles. The van der Waals surface area contributed by atoms with E-state index in [1.807, 2.05) is 48.9 Å². The van der Waals surface area contributed by atoms with Crippen LogP contribution in [0.4, 0.5) is 0 Å². The molecule has 5 nitrogen and oxygen atoms in total. The SMILES string of the molecule is c1ccc(-c2ccc(-c3cc4c(nc(-c5ccncc5)n4-c4ccccn4)c4c5ccccc5n(-c5ccccc5)c34)cc2)cc1. The van der Waals surface area contributed by atoms with Crippen molar-refractivity contribution in [2.75, 3.05) is 0 Å². The Morgan fingerprint density at radius 1 is 0.478 bits per heavy atom. The molecule has 0 aliphatic heterocycles. The van der Waals surface area contributed by atoms with Crippen LogP contribution in [0.5, 0.6) is 0 Å². The zero-order valence-electron chi connectivity index (χ0n) is 24.8. The lowest BCUT2D eigenvalue weighted by atomic mass is 9.97. The van der Waals surface area contributed by atoms with E-state index in [0.29, 0.717) is 0 Å². The molecule has 4 aromatic heterocycles. The third-order valence-corrected chi connectivity index (χ3v) is 8.70. The van der Waals surface area contributed by atoms with Gasteiger partial charge in [-0.1, -0.05) is 97.1 Å². The van der Waals surface area contributed by atoms with Gasteiger partial charge in [0.05, 0.1) is 22.1 Å². The quantitative estimate of drug-likeness (QED) is 0.201. The second-order valence-electron chi connectivity index (χ2n) is 11.3. The first-order valence-electron chi connectivity index (χ1n) is 15.4. The molecule has 4 heterocycles. The van der Waals surface area contributed by atoms with Crippen LogP contribution in [0.3, 0.4) is 0 Å². The van der Waals surface area contributed by atoms with Crippen LogP contribution in [0.25, 0.3) is 78.0 Å². The van der Waals surface area contributed by atoms with Gasteiger partial charge in [0, 0.05) is 46.2 Å². The van der Waals surface area contributed by atoms with Gasteiger partial charge >= 0.3 is 0 Å². The number of pyridine rings is 2. The minimum absolute atomic E-state index is 0.813. The number of hydrogen-bond acceptors (Lipinski definition) is 3. The molecule has 9 rings (SSSR count). The maximum absolute atomic E-state index is 5.41. The van der Waals surface area contributed by atoms with Crippen molar-refractivity contribution < 1.29 is 0 Å². The van der Waals surface area contributed by atoms with Crippen molar-refractivity contribution in [3.05, 3.63) is 164 Å². The Morgan fingerprint density at radius 2 is 1.15 bits per heavy atom. The number of fused-ring (bicyclic) bond motifs is 5. The molecule has 9 aromatic rings. The van der Waals surface area contributed by atoms with Crippen LogP contribution >= 0.6 is 0 Å². The van der Waals surface area contributed by atoms with Crippen LogP contribution in [0.2, 0.25) is 0 Å². The van der Waals surface area contributed by atoms with Crippen molar-refractivity contribution in [1.82, 2.24) is 24.1 Å². The highest BCUT2D eigenvalue weighted by atomic mass is 15.1. The number of rotatable bonds is 5. The fourth-order valence-corrected chi connectivity index (χ4v) is 6.64. The van der Waals surface area contributed by atoms with Crippen LogP contribution in [0.15, 0.2) is 164 Å². The first-order valence-corrected chi connectivity index (χ1v) is 15.4. The summed E-state index contributed by atoms with van der Waals surface area (Å²) >= 11 is 0. The second-order valence-corrected chi connectivity index (χ2v) is 11.3. The average molecular weight is 590 g/mol. The van der Waals surface area contributed by atoms with Crippen molar-refractivity contribution in [1.29, 1.82) is 0 Å². The van der Waals surface area contributed by atoms with Crippen molar-refractivity contribution in [2.45, 2.75) is 0 Å². The van der Waals surface area contributed by atoms with Crippen molar-refractivity contribution in [3.63, 3.8) is 0 Å². The zero-order chi connectivity index (χ0) is 30.5. The molecule has 216 valence electrons. The molecule has 0 saturated carbocycles. The Hall–Kier alpha value is -6.33. The molecular weight excluding hydrogens is 562 g/mol. The van der Waals surface area contributed by atoms with Crippen LogP contribution in [0.1, 0.15) is 0 Å². The standard InChI is InChI=1S/C41H27N5/c1-3-11-28(12-4-1)29-18-20-30(21-19-29)34-27-36-39(44-41(31-22-25-42-26-23-31)46(36)37-17-9-10-24-43-37)38-33-15-7-8-16-35(33)45(40(34)38)32-13-5-2-6-14-32/h1-27H. The molecule has 5 aromatic carbocycles. The van der Waals surface area contributed by atoms with Gasteiger partial charge in [0.1, 0.15) is 11.6 Å². The van der Waals surface area contributed by atoms with Gasteiger partial charge in [-0.05, 0) is 65.2 Å². The first-order chi connectivity index (χ1) is 22.8. The minimum Gasteiger partial charge on any atom is -0.309 e. The molecule has 0 N–H and O–H groups in total. The molecule has 0 aliphatic rings. The Labute approximate surface area is 265 Å². The molecular formula is C41H27N5. The number of aromatic nitrogens is 5. The van der Waals surface area contributed by atoms with E-state index in [0.717, 1.165) is 66.9 Å². The third-order valence-electron chi connectivity index (χ3n) is 8.70. The van der Waals surface area contributed by atoms with Crippen LogP contribution < -0.4 is 0 Å². The van der Waals surface area contributed by atoms with Gasteiger partial charge in [-0.3, -0.25) is 9.55 Å². The molecule has 0 atom stereocenters. The monoisotopic (exact) mass is 589 g/mol. The fraction of sp³-hybridized carbons (Fsp3) is 0. The highest BCUT2D eigenvalue weighted by Crippen LogP contribution is 2.44. The number of imidazole rings is 1. The summed E-state index contributed by atoms with van der Waals surface area (Å²) in [5.74, 6) is 1.64. The molecule has 0 fully saturated rings. The van der Waals surface area contributed by atoms with Crippen LogP contribution in [-0.4, -0.2) is 24.1 Å². The number of hydrogen-bond donors (Lipinski definition) is 0. The van der Waals surface area contributed by atoms with Gasteiger partial charge in [0.15, 0.2) is 0 Å². The molecule has 0 spiro atoms. The highest BCUT2D eigenvalue weighted by molar-refractivity contribution is 6.24. The minimum atomic E-state index is 0.813. The fourth-order valence-electron chi connectivity index (χ4n) is 6.64. The van der Waals surface area contributed by atoms with Crippen LogP contribution in [-0.2, 0) is 0 Å². The normalized spacial score (nSPS) is 11.5. The van der Waals surface area contributed by atoms with Gasteiger partial charge in [-0.15, -0.1) is 0 Å². The molecule has 0 bridgehead atoms. The van der Waals surface area contributed by atoms with Gasteiger partial charge in [-0.2, -0.15) is 0 Å². The maximum atomic E-state index is 5.41. The Kier molecular flexibility index (Phi) is 6.06. The Morgan fingerprint density at radius 3 is 1.91 bits per heavy atom. The van der Waals surface area contributed by atoms with E-state index in [9.17, 15) is 0 Å². The first kappa shape index (κ1) is 26.1. The molecule has 0 amide bonds. The summed E-state index contributed by atoms with van der Waals surface area (Å²) in [6, 6.07) is 51.0. The maximum Gasteiger partial charge on any atom is 0.147 e. The zero-order valence-corrected chi connectivity index (χ0v) is 24.8. The van der Waals surface area contributed by atoms with E-state index in [2.05, 4.69) is 129 Å². The summed E-state index contributed by atoms with van der Waals surface area (Å²) in [5, 5.41) is 2.27. The number of nitrogens with zero attached hydrogens (tertiary/aromatic N) is 5. The van der Waals surface area contributed by atoms with Gasteiger partial charge in [0.2, 0.25) is 0 Å². The van der Waals surface area contributed by atoms with Gasteiger partial charge in [-0.25, -0.2) is 9.97 Å². The van der Waals surface area contributed by atoms with E-state index >= 15 is 0 Å². The summed E-state index contributed by atoms with van der Waals surface area (Å²) in [4.78, 5) is 14.5. The molecule has 0 saturated heterocycles. The summed E-state index contributed by atoms with van der Waals surface area (Å²) in [7, 11) is 0. The number of benzene rings is 5. The van der Waals surface area contributed by atoms with Crippen LogP contribution in [0, 0.1) is 0 Å². The lowest BCUT2D eigenvalue weighted by molar-refractivity contribution is 1.03. The molecule has 46 heavy (non-hydrogen) atoms. The lowest BCUT2D eigenvalue weighted by Gasteiger charge is -2.14. The number of para-hydroxylation sites is 2. The van der Waals surface area contributed by atoms with Crippen molar-refractivity contribution in [3.8, 4) is 45.1 Å². The van der Waals surface area contributed by atoms with Gasteiger partial charge in [0.25, 0.3) is 0 Å². The summed E-state index contributed by atoms with van der Waals surface area (Å²) in [6.45, 7) is 0. The van der Waals surface area contributed by atoms with Crippen molar-refractivity contribution in [2.24, 2.45) is 0 Å². The van der Waals surface area contributed by atoms with E-state index in [-0.39, 0.29) is 0 Å².